The van der Waals surface area contributed by atoms with Crippen LogP contribution in [0.3, 0.4) is 0 Å². The van der Waals surface area contributed by atoms with Crippen LogP contribution in [0.5, 0.6) is 5.75 Å². The molecule has 1 aromatic heterocycles. The van der Waals surface area contributed by atoms with Gasteiger partial charge in [-0.3, -0.25) is 9.59 Å². The van der Waals surface area contributed by atoms with Gasteiger partial charge in [0.15, 0.2) is 24.6 Å². The molecule has 0 bridgehead atoms. The molecule has 284 valence electrons. The van der Waals surface area contributed by atoms with Gasteiger partial charge in [0.2, 0.25) is 0 Å². The maximum atomic E-state index is 13.2. The van der Waals surface area contributed by atoms with Crippen molar-refractivity contribution >= 4 is 49.4 Å². The van der Waals surface area contributed by atoms with Crippen molar-refractivity contribution in [3.05, 3.63) is 78.0 Å². The molecule has 0 aliphatic heterocycles. The van der Waals surface area contributed by atoms with Crippen molar-refractivity contribution in [3.8, 4) is 5.75 Å². The monoisotopic (exact) mass is 745 g/mol. The van der Waals surface area contributed by atoms with Gasteiger partial charge < -0.3 is 47.9 Å². The number of carbonyl (C=O) groups excluding carboxylic acids is 3. The molecule has 0 aliphatic carbocycles. The quantitative estimate of drug-likeness (QED) is 0.0414. The highest BCUT2D eigenvalue weighted by Gasteiger charge is 2.30. The Hall–Kier alpha value is -4.22. The molecule has 1 N–H and O–H groups in total. The van der Waals surface area contributed by atoms with Gasteiger partial charge in [0.1, 0.15) is 19.0 Å². The van der Waals surface area contributed by atoms with E-state index in [1.807, 2.05) is 18.2 Å². The van der Waals surface area contributed by atoms with Crippen LogP contribution in [0.2, 0.25) is 0 Å². The molecule has 0 saturated heterocycles. The Kier molecular flexibility index (Phi) is 18.4. The smallest absolute Gasteiger partial charge is 0.330 e. The van der Waals surface area contributed by atoms with Gasteiger partial charge in [-0.05, 0) is 51.1 Å². The third-order valence-electron chi connectivity index (χ3n) is 7.07. The van der Waals surface area contributed by atoms with Crippen LogP contribution in [0.4, 0.5) is 0 Å². The molecule has 14 nitrogen and oxygen atoms in total. The van der Waals surface area contributed by atoms with E-state index in [1.54, 1.807) is 45.0 Å². The number of rotatable bonds is 26. The zero-order chi connectivity index (χ0) is 37.8. The maximum absolute atomic E-state index is 13.2. The van der Waals surface area contributed by atoms with Crippen molar-refractivity contribution < 1.29 is 57.0 Å². The highest BCUT2D eigenvalue weighted by atomic mass is 32.1. The van der Waals surface area contributed by atoms with Gasteiger partial charge in [0, 0.05) is 32.3 Å². The minimum absolute atomic E-state index is 0.00150. The van der Waals surface area contributed by atoms with E-state index in [9.17, 15) is 19.2 Å². The lowest BCUT2D eigenvalue weighted by Gasteiger charge is -2.32. The first-order valence-electron chi connectivity index (χ1n) is 16.6. The molecule has 2 aromatic carbocycles. The Morgan fingerprint density at radius 2 is 1.29 bits per heavy atom. The standard InChI is InChI=1S/C37H47NO13S/c1-6-34(40)47-20-16-43-14-18-45-26(3)50-24-37(5,25-51-27(4)46-19-15-44-17-21-48-35(41)7-2)38-33(39)23-49-28-12-13-32-30(22-28)36(42)29-10-8-9-11-31(29)52-32/h6-13,22,26-27H,1-2,14-21,23-25H2,3-5H3,(H,38,39). The van der Waals surface area contributed by atoms with E-state index in [1.165, 1.54) is 11.3 Å². The van der Waals surface area contributed by atoms with Crippen molar-refractivity contribution in [1.82, 2.24) is 5.32 Å². The molecule has 52 heavy (non-hydrogen) atoms. The van der Waals surface area contributed by atoms with Crippen molar-refractivity contribution in [3.63, 3.8) is 0 Å². The fraction of sp³-hybridized carbons (Fsp3) is 0.459. The van der Waals surface area contributed by atoms with Crippen molar-refractivity contribution in [2.75, 3.05) is 72.7 Å². The second kappa shape index (κ2) is 22.7. The second-order valence-electron chi connectivity index (χ2n) is 11.4. The van der Waals surface area contributed by atoms with Crippen LogP contribution in [0, 0.1) is 0 Å². The fourth-order valence-electron chi connectivity index (χ4n) is 4.48. The minimum atomic E-state index is -1.04. The Morgan fingerprint density at radius 3 is 1.87 bits per heavy atom. The number of ether oxygens (including phenoxy) is 9. The number of carbonyl (C=O) groups is 3. The van der Waals surface area contributed by atoms with Crippen LogP contribution in [0.1, 0.15) is 20.8 Å². The molecular formula is C37H47NO13S. The lowest BCUT2D eigenvalue weighted by Crippen LogP contribution is -2.55. The molecule has 3 rings (SSSR count). The Labute approximate surface area is 306 Å². The first kappa shape index (κ1) is 42.2. The number of nitrogens with one attached hydrogen (secondary N) is 1. The third-order valence-corrected chi connectivity index (χ3v) is 8.22. The van der Waals surface area contributed by atoms with Gasteiger partial charge in [0.05, 0.1) is 58.4 Å². The number of amides is 1. The predicted octanol–water partition coefficient (Wildman–Crippen LogP) is 3.92. The summed E-state index contributed by atoms with van der Waals surface area (Å²) in [5.41, 5.74) is -1.14. The minimum Gasteiger partial charge on any atom is -0.484 e. The second-order valence-corrected chi connectivity index (χ2v) is 12.5. The largest absolute Gasteiger partial charge is 0.484 e. The van der Waals surface area contributed by atoms with Crippen LogP contribution in [0.25, 0.3) is 20.2 Å². The summed E-state index contributed by atoms with van der Waals surface area (Å²) in [5.74, 6) is -1.12. The zero-order valence-electron chi connectivity index (χ0n) is 29.8. The molecule has 15 heteroatoms. The molecular weight excluding hydrogens is 698 g/mol. The van der Waals surface area contributed by atoms with E-state index < -0.39 is 36.0 Å². The summed E-state index contributed by atoms with van der Waals surface area (Å²) >= 11 is 1.51. The lowest BCUT2D eigenvalue weighted by molar-refractivity contribution is -0.177. The van der Waals surface area contributed by atoms with Gasteiger partial charge in [-0.25, -0.2) is 9.59 Å². The number of benzene rings is 2. The lowest BCUT2D eigenvalue weighted by atomic mass is 10.1. The maximum Gasteiger partial charge on any atom is 0.330 e. The topological polar surface area (TPSA) is 163 Å². The molecule has 0 aliphatic rings. The van der Waals surface area contributed by atoms with Crippen LogP contribution in [0.15, 0.2) is 72.6 Å². The highest BCUT2D eigenvalue weighted by Crippen LogP contribution is 2.27. The van der Waals surface area contributed by atoms with Crippen molar-refractivity contribution in [1.29, 1.82) is 0 Å². The first-order valence-corrected chi connectivity index (χ1v) is 17.4. The first-order chi connectivity index (χ1) is 25.0. The van der Waals surface area contributed by atoms with E-state index >= 15 is 0 Å². The summed E-state index contributed by atoms with van der Waals surface area (Å²) in [6.45, 7) is 13.0. The van der Waals surface area contributed by atoms with Crippen molar-refractivity contribution in [2.45, 2.75) is 38.9 Å². The molecule has 0 fully saturated rings. The SMILES string of the molecule is C=CC(=O)OCCOCCOC(C)OCC(C)(COC(C)OCCOCCOC(=O)C=C)NC(=O)COc1ccc2sc3ccccc3c(=O)c2c1. The number of hydrogen-bond donors (Lipinski definition) is 1. The van der Waals surface area contributed by atoms with Gasteiger partial charge in [-0.1, -0.05) is 25.3 Å². The number of esters is 2. The number of hydrogen-bond acceptors (Lipinski definition) is 14. The van der Waals surface area contributed by atoms with Gasteiger partial charge in [0.25, 0.3) is 5.91 Å². The molecule has 3 aromatic rings. The van der Waals surface area contributed by atoms with E-state index in [0.29, 0.717) is 16.5 Å². The Bertz CT molecular complexity index is 1630. The molecule has 1 heterocycles. The molecule has 0 spiro atoms. The highest BCUT2D eigenvalue weighted by molar-refractivity contribution is 7.24. The molecule has 2 unspecified atom stereocenters. The zero-order valence-corrected chi connectivity index (χ0v) is 30.6. The van der Waals surface area contributed by atoms with E-state index in [4.69, 9.17) is 42.6 Å². The van der Waals surface area contributed by atoms with Crippen LogP contribution in [-0.4, -0.2) is 109 Å². The number of fused-ring (bicyclic) bond motifs is 2. The average Bonchev–Trinajstić information content (AvgIpc) is 3.14. The summed E-state index contributed by atoms with van der Waals surface area (Å²) in [5, 5.41) is 4.06. The van der Waals surface area contributed by atoms with E-state index in [0.717, 1.165) is 21.6 Å². The Morgan fingerprint density at radius 1 is 0.750 bits per heavy atom. The van der Waals surface area contributed by atoms with Crippen molar-refractivity contribution in [2.24, 2.45) is 0 Å². The van der Waals surface area contributed by atoms with Crippen LogP contribution >= 0.6 is 11.3 Å². The molecule has 1 amide bonds. The van der Waals surface area contributed by atoms with Gasteiger partial charge >= 0.3 is 11.9 Å². The van der Waals surface area contributed by atoms with Crippen LogP contribution in [-0.2, 0) is 52.3 Å². The molecule has 0 radical (unpaired) electrons. The van der Waals surface area contributed by atoms with E-state index in [2.05, 4.69) is 18.5 Å². The fourth-order valence-corrected chi connectivity index (χ4v) is 5.53. The Balaban J connectivity index is 1.52. The summed E-state index contributed by atoms with van der Waals surface area (Å²) in [6.07, 6.45) is 0.823. The molecule has 2 atom stereocenters. The summed E-state index contributed by atoms with van der Waals surface area (Å²) < 4.78 is 51.1. The van der Waals surface area contributed by atoms with E-state index in [-0.39, 0.29) is 78.1 Å². The summed E-state index contributed by atoms with van der Waals surface area (Å²) in [4.78, 5) is 48.4. The van der Waals surface area contributed by atoms with Crippen LogP contribution < -0.4 is 15.5 Å². The summed E-state index contributed by atoms with van der Waals surface area (Å²) in [6, 6.07) is 12.6. The average molecular weight is 746 g/mol. The normalized spacial score (nSPS) is 13.5. The van der Waals surface area contributed by atoms with Gasteiger partial charge in [-0.15, -0.1) is 11.3 Å². The molecule has 0 saturated carbocycles. The summed E-state index contributed by atoms with van der Waals surface area (Å²) in [7, 11) is 0. The predicted molar refractivity (Wildman–Crippen MR) is 194 cm³/mol. The van der Waals surface area contributed by atoms with Gasteiger partial charge in [-0.2, -0.15) is 0 Å². The third kappa shape index (κ3) is 15.2.